The molecule has 20 heavy (non-hydrogen) atoms. The van der Waals surface area contributed by atoms with Crippen LogP contribution < -0.4 is 0 Å². The van der Waals surface area contributed by atoms with Gasteiger partial charge in [-0.2, -0.15) is 10.9 Å². The highest BCUT2D eigenvalue weighted by Crippen LogP contribution is 2.47. The highest BCUT2D eigenvalue weighted by atomic mass is 32.2. The normalized spacial score (nSPS) is 14.9. The standard InChI is InChI=1S/C16H15NO2S/c1-2-19-16(18)13-11-17-14-8-4-3-7-12(14)15(13)20-9-5-6-10-20/h3-11,20H,2H2,1H3. The number of nitrogens with zero attached hydrogens (tertiary/aromatic N) is 1. The number of para-hydroxylation sites is 1. The Bertz CT molecular complexity index is 709. The molecule has 2 heterocycles. The molecule has 1 aliphatic rings. The van der Waals surface area contributed by atoms with Crippen LogP contribution in [0.4, 0.5) is 0 Å². The minimum Gasteiger partial charge on any atom is -0.462 e. The number of allylic oxidation sites excluding steroid dienone is 2. The zero-order valence-electron chi connectivity index (χ0n) is 11.1. The lowest BCUT2D eigenvalue weighted by Gasteiger charge is -2.17. The van der Waals surface area contributed by atoms with Crippen LogP contribution in [-0.4, -0.2) is 17.6 Å². The molecule has 0 aliphatic carbocycles. The van der Waals surface area contributed by atoms with E-state index in [2.05, 4.69) is 15.8 Å². The first-order valence-corrected chi connectivity index (χ1v) is 7.97. The number of pyridine rings is 1. The Labute approximate surface area is 120 Å². The maximum absolute atomic E-state index is 12.2. The van der Waals surface area contributed by atoms with Gasteiger partial charge in [-0.25, -0.2) is 4.79 Å². The van der Waals surface area contributed by atoms with Crippen LogP contribution in [0.3, 0.4) is 0 Å². The van der Waals surface area contributed by atoms with Gasteiger partial charge in [0.2, 0.25) is 0 Å². The summed E-state index contributed by atoms with van der Waals surface area (Å²) in [5.74, 6) is -0.294. The molecule has 0 amide bonds. The number of carbonyl (C=O) groups excluding carboxylic acids is 1. The topological polar surface area (TPSA) is 39.2 Å². The van der Waals surface area contributed by atoms with Gasteiger partial charge < -0.3 is 4.74 Å². The van der Waals surface area contributed by atoms with E-state index >= 15 is 0 Å². The van der Waals surface area contributed by atoms with Crippen molar-refractivity contribution in [3.05, 3.63) is 59.0 Å². The van der Waals surface area contributed by atoms with Gasteiger partial charge in [0, 0.05) is 16.5 Å². The molecule has 2 aromatic rings. The average molecular weight is 285 g/mol. The molecular formula is C16H15NO2S. The van der Waals surface area contributed by atoms with Crippen LogP contribution in [0.1, 0.15) is 17.3 Å². The largest absolute Gasteiger partial charge is 0.462 e. The van der Waals surface area contributed by atoms with Gasteiger partial charge in [-0.3, -0.25) is 4.98 Å². The predicted molar refractivity (Wildman–Crippen MR) is 83.2 cm³/mol. The monoisotopic (exact) mass is 285 g/mol. The third-order valence-electron chi connectivity index (χ3n) is 3.11. The maximum atomic E-state index is 12.2. The van der Waals surface area contributed by atoms with E-state index in [1.165, 1.54) is 0 Å². The van der Waals surface area contributed by atoms with Gasteiger partial charge in [0.05, 0.1) is 17.7 Å². The highest BCUT2D eigenvalue weighted by molar-refractivity contribution is 8.22. The Hall–Kier alpha value is -2.07. The lowest BCUT2D eigenvalue weighted by atomic mass is 10.1. The second-order valence-electron chi connectivity index (χ2n) is 4.35. The number of esters is 1. The summed E-state index contributed by atoms with van der Waals surface area (Å²) >= 11 is 0. The summed E-state index contributed by atoms with van der Waals surface area (Å²) in [5, 5.41) is 5.31. The molecule has 0 N–H and O–H groups in total. The summed E-state index contributed by atoms with van der Waals surface area (Å²) in [6, 6.07) is 7.91. The summed E-state index contributed by atoms with van der Waals surface area (Å²) in [6.45, 7) is 2.18. The second kappa shape index (κ2) is 5.51. The van der Waals surface area contributed by atoms with Crippen molar-refractivity contribution >= 4 is 27.8 Å². The van der Waals surface area contributed by atoms with Crippen LogP contribution in [0.2, 0.25) is 0 Å². The number of thiol groups is 1. The van der Waals surface area contributed by atoms with Crippen LogP contribution in [-0.2, 0) is 4.74 Å². The number of hydrogen-bond acceptors (Lipinski definition) is 3. The van der Waals surface area contributed by atoms with E-state index in [-0.39, 0.29) is 5.97 Å². The van der Waals surface area contributed by atoms with Gasteiger partial charge >= 0.3 is 5.97 Å². The maximum Gasteiger partial charge on any atom is 0.340 e. The van der Waals surface area contributed by atoms with Crippen molar-refractivity contribution in [1.29, 1.82) is 0 Å². The van der Waals surface area contributed by atoms with E-state index < -0.39 is 10.9 Å². The van der Waals surface area contributed by atoms with E-state index in [9.17, 15) is 4.79 Å². The van der Waals surface area contributed by atoms with Crippen LogP contribution >= 0.6 is 10.9 Å². The molecule has 0 bridgehead atoms. The summed E-state index contributed by atoms with van der Waals surface area (Å²) < 4.78 is 5.16. The molecule has 0 radical (unpaired) electrons. The zero-order chi connectivity index (χ0) is 13.9. The number of aromatic nitrogens is 1. The number of benzene rings is 1. The second-order valence-corrected chi connectivity index (χ2v) is 6.21. The molecule has 0 saturated carbocycles. The molecule has 4 heteroatoms. The third-order valence-corrected chi connectivity index (χ3v) is 5.09. The van der Waals surface area contributed by atoms with Crippen molar-refractivity contribution in [2.45, 2.75) is 11.8 Å². The van der Waals surface area contributed by atoms with Crippen molar-refractivity contribution in [2.75, 3.05) is 6.61 Å². The molecule has 3 rings (SSSR count). The van der Waals surface area contributed by atoms with Crippen molar-refractivity contribution in [2.24, 2.45) is 0 Å². The molecule has 0 spiro atoms. The molecule has 0 fully saturated rings. The van der Waals surface area contributed by atoms with Crippen LogP contribution in [0.5, 0.6) is 0 Å². The lowest BCUT2D eigenvalue weighted by Crippen LogP contribution is -2.08. The summed E-state index contributed by atoms with van der Waals surface area (Å²) in [5.41, 5.74) is 1.49. The number of rotatable bonds is 3. The molecular weight excluding hydrogens is 270 g/mol. The summed E-state index contributed by atoms with van der Waals surface area (Å²) in [7, 11) is -0.606. The van der Waals surface area contributed by atoms with Gasteiger partial charge in [-0.1, -0.05) is 30.4 Å². The van der Waals surface area contributed by atoms with Crippen LogP contribution in [0.15, 0.2) is 58.3 Å². The van der Waals surface area contributed by atoms with Gasteiger partial charge in [-0.15, -0.1) is 0 Å². The predicted octanol–water partition coefficient (Wildman–Crippen LogP) is 3.81. The van der Waals surface area contributed by atoms with Gasteiger partial charge in [0.15, 0.2) is 0 Å². The lowest BCUT2D eigenvalue weighted by molar-refractivity contribution is 0.0522. The van der Waals surface area contributed by atoms with E-state index in [1.807, 2.05) is 43.3 Å². The van der Waals surface area contributed by atoms with Crippen molar-refractivity contribution in [3.8, 4) is 0 Å². The zero-order valence-corrected chi connectivity index (χ0v) is 12.0. The fourth-order valence-corrected chi connectivity index (χ4v) is 4.11. The van der Waals surface area contributed by atoms with Gasteiger partial charge in [0.1, 0.15) is 0 Å². The SMILES string of the molecule is CCOC(=O)c1cnc2ccccc2c1[SH]1C=CC=C1. The Morgan fingerprint density at radius 2 is 2.00 bits per heavy atom. The molecule has 3 nitrogen and oxygen atoms in total. The molecule has 1 aliphatic heterocycles. The fraction of sp³-hybridized carbons (Fsp3) is 0.125. The quantitative estimate of drug-likeness (QED) is 0.688. The number of ether oxygens (including phenoxy) is 1. The average Bonchev–Trinajstić information content (AvgIpc) is 3.00. The van der Waals surface area contributed by atoms with E-state index in [4.69, 9.17) is 4.74 Å². The smallest absolute Gasteiger partial charge is 0.340 e. The highest BCUT2D eigenvalue weighted by Gasteiger charge is 2.19. The van der Waals surface area contributed by atoms with E-state index in [0.29, 0.717) is 12.2 Å². The Balaban J connectivity index is 2.23. The minimum atomic E-state index is -0.606. The number of carbonyl (C=O) groups is 1. The van der Waals surface area contributed by atoms with Gasteiger partial charge in [0.25, 0.3) is 0 Å². The minimum absolute atomic E-state index is 0.294. The van der Waals surface area contributed by atoms with E-state index in [1.54, 1.807) is 6.20 Å². The first-order chi connectivity index (χ1) is 9.81. The van der Waals surface area contributed by atoms with Crippen molar-refractivity contribution < 1.29 is 9.53 Å². The number of hydrogen-bond donors (Lipinski definition) is 1. The third kappa shape index (κ3) is 2.23. The van der Waals surface area contributed by atoms with Crippen molar-refractivity contribution in [1.82, 2.24) is 4.98 Å². The first-order valence-electron chi connectivity index (χ1n) is 6.49. The summed E-state index contributed by atoms with van der Waals surface area (Å²) in [6.07, 6.45) is 5.68. The van der Waals surface area contributed by atoms with Crippen LogP contribution in [0, 0.1) is 0 Å². The Kier molecular flexibility index (Phi) is 3.56. The molecule has 1 aromatic carbocycles. The van der Waals surface area contributed by atoms with Crippen LogP contribution in [0.25, 0.3) is 10.9 Å². The molecule has 102 valence electrons. The molecule has 0 unspecified atom stereocenters. The first kappa shape index (κ1) is 12.9. The Morgan fingerprint density at radius 1 is 1.25 bits per heavy atom. The summed E-state index contributed by atoms with van der Waals surface area (Å²) in [4.78, 5) is 17.6. The molecule has 0 atom stereocenters. The number of fused-ring (bicyclic) bond motifs is 1. The Morgan fingerprint density at radius 3 is 2.75 bits per heavy atom. The fourth-order valence-electron chi connectivity index (χ4n) is 2.25. The molecule has 0 saturated heterocycles. The van der Waals surface area contributed by atoms with Gasteiger partial charge in [-0.05, 0) is 23.8 Å². The molecule has 1 aromatic heterocycles. The van der Waals surface area contributed by atoms with E-state index in [0.717, 1.165) is 15.8 Å². The van der Waals surface area contributed by atoms with Crippen molar-refractivity contribution in [3.63, 3.8) is 0 Å².